The second-order valence-corrected chi connectivity index (χ2v) is 5.19. The maximum absolute atomic E-state index is 11.8. The molecule has 0 radical (unpaired) electrons. The van der Waals surface area contributed by atoms with Gasteiger partial charge in [-0.2, -0.15) is 0 Å². The van der Waals surface area contributed by atoms with E-state index in [4.69, 9.17) is 5.73 Å². The molecule has 3 nitrogen and oxygen atoms in total. The Labute approximate surface area is 105 Å². The minimum Gasteiger partial charge on any atom is -0.324 e. The molecule has 0 aromatic carbocycles. The van der Waals surface area contributed by atoms with E-state index in [-0.39, 0.29) is 11.1 Å². The minimum absolute atomic E-state index is 0.0115. The van der Waals surface area contributed by atoms with Gasteiger partial charge in [0.15, 0.2) is 0 Å². The summed E-state index contributed by atoms with van der Waals surface area (Å²) in [4.78, 5) is 11.8. The fourth-order valence-corrected chi connectivity index (χ4v) is 1.94. The van der Waals surface area contributed by atoms with Crippen molar-refractivity contribution in [3.8, 4) is 0 Å². The quantitative estimate of drug-likeness (QED) is 0.924. The van der Waals surface area contributed by atoms with E-state index >= 15 is 0 Å². The van der Waals surface area contributed by atoms with Crippen LogP contribution >= 0.6 is 15.9 Å². The molecule has 90 valence electrons. The standard InChI is InChI=1S/C12H19BrN2O/c1-4-12(14,5-2)8-15-7-10(13)9(3)6-11(15)16/h6-7H,4-5,8,14H2,1-3H3. The number of nitrogens with two attached hydrogens (primary N) is 1. The molecule has 1 aromatic rings. The predicted molar refractivity (Wildman–Crippen MR) is 70.6 cm³/mol. The normalized spacial score (nSPS) is 11.8. The molecular weight excluding hydrogens is 268 g/mol. The summed E-state index contributed by atoms with van der Waals surface area (Å²) in [6.07, 6.45) is 3.55. The summed E-state index contributed by atoms with van der Waals surface area (Å²) < 4.78 is 2.63. The zero-order chi connectivity index (χ0) is 12.3. The van der Waals surface area contributed by atoms with Gasteiger partial charge in [-0.15, -0.1) is 0 Å². The molecule has 1 heterocycles. The van der Waals surface area contributed by atoms with Gasteiger partial charge in [-0.1, -0.05) is 13.8 Å². The van der Waals surface area contributed by atoms with Crippen LogP contribution in [0.2, 0.25) is 0 Å². The third-order valence-electron chi connectivity index (χ3n) is 3.16. The Hall–Kier alpha value is -0.610. The number of aromatic nitrogens is 1. The first kappa shape index (κ1) is 13.5. The van der Waals surface area contributed by atoms with E-state index in [9.17, 15) is 4.79 Å². The lowest BCUT2D eigenvalue weighted by Crippen LogP contribution is -2.45. The van der Waals surface area contributed by atoms with Crippen molar-refractivity contribution in [2.45, 2.75) is 45.7 Å². The topological polar surface area (TPSA) is 48.0 Å². The molecule has 0 saturated carbocycles. The van der Waals surface area contributed by atoms with E-state index in [0.29, 0.717) is 6.54 Å². The number of pyridine rings is 1. The molecule has 0 aliphatic rings. The van der Waals surface area contributed by atoms with Gasteiger partial charge in [0.2, 0.25) is 0 Å². The predicted octanol–water partition coefficient (Wildman–Crippen LogP) is 2.44. The van der Waals surface area contributed by atoms with Crippen molar-refractivity contribution in [3.63, 3.8) is 0 Å². The molecular formula is C12H19BrN2O. The highest BCUT2D eigenvalue weighted by Crippen LogP contribution is 2.16. The van der Waals surface area contributed by atoms with Crippen LogP contribution in [-0.2, 0) is 6.54 Å². The van der Waals surface area contributed by atoms with Crippen LogP contribution in [0.5, 0.6) is 0 Å². The molecule has 1 rings (SSSR count). The number of halogens is 1. The molecule has 4 heteroatoms. The number of nitrogens with zero attached hydrogens (tertiary/aromatic N) is 1. The molecule has 0 aliphatic heterocycles. The van der Waals surface area contributed by atoms with Crippen molar-refractivity contribution in [3.05, 3.63) is 32.7 Å². The molecule has 2 N–H and O–H groups in total. The van der Waals surface area contributed by atoms with Crippen LogP contribution in [0.1, 0.15) is 32.3 Å². The molecule has 1 aromatic heterocycles. The van der Waals surface area contributed by atoms with Gasteiger partial charge in [-0.05, 0) is 41.3 Å². The summed E-state index contributed by atoms with van der Waals surface area (Å²) in [5.74, 6) is 0. The van der Waals surface area contributed by atoms with Gasteiger partial charge < -0.3 is 10.3 Å². The number of hydrogen-bond acceptors (Lipinski definition) is 2. The summed E-state index contributed by atoms with van der Waals surface area (Å²) in [5.41, 5.74) is 6.88. The van der Waals surface area contributed by atoms with Crippen molar-refractivity contribution in [1.82, 2.24) is 4.57 Å². The lowest BCUT2D eigenvalue weighted by atomic mass is 9.94. The largest absolute Gasteiger partial charge is 0.324 e. The van der Waals surface area contributed by atoms with Crippen LogP contribution in [-0.4, -0.2) is 10.1 Å². The highest BCUT2D eigenvalue weighted by atomic mass is 79.9. The van der Waals surface area contributed by atoms with Gasteiger partial charge in [0.25, 0.3) is 5.56 Å². The molecule has 0 fully saturated rings. The molecule has 0 amide bonds. The first-order valence-corrected chi connectivity index (χ1v) is 6.36. The van der Waals surface area contributed by atoms with E-state index in [2.05, 4.69) is 29.8 Å². The monoisotopic (exact) mass is 286 g/mol. The Kier molecular flexibility index (Phi) is 4.33. The molecule has 0 bridgehead atoms. The molecule has 0 atom stereocenters. The molecule has 0 aliphatic carbocycles. The van der Waals surface area contributed by atoms with E-state index in [1.54, 1.807) is 10.6 Å². The van der Waals surface area contributed by atoms with Crippen molar-refractivity contribution in [2.24, 2.45) is 5.73 Å². The second-order valence-electron chi connectivity index (χ2n) is 4.34. The van der Waals surface area contributed by atoms with E-state index < -0.39 is 0 Å². The van der Waals surface area contributed by atoms with E-state index in [1.165, 1.54) is 0 Å². The van der Waals surface area contributed by atoms with Crippen LogP contribution in [0, 0.1) is 6.92 Å². The van der Waals surface area contributed by atoms with Crippen LogP contribution in [0.15, 0.2) is 21.5 Å². The average Bonchev–Trinajstić information content (AvgIpc) is 2.25. The SMILES string of the molecule is CCC(N)(CC)Cn1cc(Br)c(C)cc1=O. The summed E-state index contributed by atoms with van der Waals surface area (Å²) in [6.45, 7) is 6.58. The van der Waals surface area contributed by atoms with Gasteiger partial charge in [0.1, 0.15) is 0 Å². The van der Waals surface area contributed by atoms with Gasteiger partial charge in [0.05, 0.1) is 0 Å². The Balaban J connectivity index is 3.07. The molecule has 0 spiro atoms. The third kappa shape index (κ3) is 2.95. The highest BCUT2D eigenvalue weighted by molar-refractivity contribution is 9.10. The zero-order valence-corrected chi connectivity index (χ0v) is 11.7. The summed E-state index contributed by atoms with van der Waals surface area (Å²) in [5, 5.41) is 0. The fraction of sp³-hybridized carbons (Fsp3) is 0.583. The van der Waals surface area contributed by atoms with Crippen LogP contribution in [0.3, 0.4) is 0 Å². The van der Waals surface area contributed by atoms with Crippen molar-refractivity contribution in [1.29, 1.82) is 0 Å². The Morgan fingerprint density at radius 1 is 1.44 bits per heavy atom. The number of aryl methyl sites for hydroxylation is 1. The summed E-state index contributed by atoms with van der Waals surface area (Å²) in [6, 6.07) is 1.63. The average molecular weight is 287 g/mol. The van der Waals surface area contributed by atoms with E-state index in [1.807, 2.05) is 13.1 Å². The fourth-order valence-electron chi connectivity index (χ4n) is 1.58. The van der Waals surface area contributed by atoms with Crippen molar-refractivity contribution < 1.29 is 0 Å². The lowest BCUT2D eigenvalue weighted by molar-refractivity contribution is 0.334. The maximum atomic E-state index is 11.8. The van der Waals surface area contributed by atoms with Crippen molar-refractivity contribution >= 4 is 15.9 Å². The molecule has 0 unspecified atom stereocenters. The van der Waals surface area contributed by atoms with Crippen molar-refractivity contribution in [2.75, 3.05) is 0 Å². The first-order valence-electron chi connectivity index (χ1n) is 5.57. The van der Waals surface area contributed by atoms with Crippen LogP contribution in [0.4, 0.5) is 0 Å². The Morgan fingerprint density at radius 2 is 2.00 bits per heavy atom. The zero-order valence-electron chi connectivity index (χ0n) is 10.1. The highest BCUT2D eigenvalue weighted by Gasteiger charge is 2.21. The van der Waals surface area contributed by atoms with Gasteiger partial charge in [-0.25, -0.2) is 0 Å². The molecule has 0 saturated heterocycles. The smallest absolute Gasteiger partial charge is 0.250 e. The van der Waals surface area contributed by atoms with Gasteiger partial charge >= 0.3 is 0 Å². The van der Waals surface area contributed by atoms with Gasteiger partial charge in [-0.3, -0.25) is 4.79 Å². The van der Waals surface area contributed by atoms with Crippen LogP contribution in [0.25, 0.3) is 0 Å². The third-order valence-corrected chi connectivity index (χ3v) is 3.99. The number of hydrogen-bond donors (Lipinski definition) is 1. The van der Waals surface area contributed by atoms with E-state index in [0.717, 1.165) is 22.9 Å². The maximum Gasteiger partial charge on any atom is 0.250 e. The minimum atomic E-state index is -0.293. The first-order chi connectivity index (χ1) is 7.41. The Bertz CT molecular complexity index is 422. The summed E-state index contributed by atoms with van der Waals surface area (Å²) in [7, 11) is 0. The molecule has 16 heavy (non-hydrogen) atoms. The van der Waals surface area contributed by atoms with Crippen LogP contribution < -0.4 is 11.3 Å². The number of rotatable bonds is 4. The Morgan fingerprint density at radius 3 is 2.50 bits per heavy atom. The lowest BCUT2D eigenvalue weighted by Gasteiger charge is -2.27. The van der Waals surface area contributed by atoms with Gasteiger partial charge in [0, 0.05) is 28.8 Å². The summed E-state index contributed by atoms with van der Waals surface area (Å²) >= 11 is 3.43. The second kappa shape index (κ2) is 5.15.